The molecule has 0 aromatic carbocycles. The molecule has 1 aromatic rings. The van der Waals surface area contributed by atoms with Crippen LogP contribution in [-0.2, 0) is 9.84 Å². The van der Waals surface area contributed by atoms with Crippen LogP contribution in [0.25, 0.3) is 0 Å². The lowest BCUT2D eigenvalue weighted by molar-refractivity contribution is -0.441. The van der Waals surface area contributed by atoms with E-state index in [0.717, 1.165) is 4.78 Å². The first kappa shape index (κ1) is 7.75. The maximum Gasteiger partial charge on any atom is 0.370 e. The van der Waals surface area contributed by atoms with Crippen LogP contribution in [0.5, 0.6) is 0 Å². The summed E-state index contributed by atoms with van der Waals surface area (Å²) in [5.74, 6) is 0. The Labute approximate surface area is 63.3 Å². The summed E-state index contributed by atoms with van der Waals surface area (Å²) in [5, 5.41) is 11.3. The number of aryl methyl sites for hydroxylation is 1. The van der Waals surface area contributed by atoms with Gasteiger partial charge in [0.2, 0.25) is 0 Å². The molecule has 1 heterocycles. The zero-order valence-electron chi connectivity index (χ0n) is 5.53. The third kappa shape index (κ3) is 2.11. The first-order valence-corrected chi connectivity index (χ1v) is 3.63. The Morgan fingerprint density at radius 2 is 2.40 bits per heavy atom. The molecular formula is C5H7BO3S. The lowest BCUT2D eigenvalue weighted by Gasteiger charge is -1.89. The molecule has 0 aliphatic heterocycles. The minimum atomic E-state index is 0.301. The van der Waals surface area contributed by atoms with Crippen LogP contribution in [-0.4, -0.2) is 12.7 Å². The number of thiophene rings is 1. The predicted molar refractivity (Wildman–Crippen MR) is 40.6 cm³/mol. The van der Waals surface area contributed by atoms with E-state index >= 15 is 0 Å². The molecule has 5 heteroatoms. The zero-order valence-corrected chi connectivity index (χ0v) is 6.35. The van der Waals surface area contributed by atoms with E-state index < -0.39 is 0 Å². The van der Waals surface area contributed by atoms with Crippen molar-refractivity contribution in [2.75, 3.05) is 0 Å². The van der Waals surface area contributed by atoms with Gasteiger partial charge in [-0.1, -0.05) is 11.1 Å². The molecule has 0 amide bonds. The summed E-state index contributed by atoms with van der Waals surface area (Å²) in [6.07, 6.45) is 0. The van der Waals surface area contributed by atoms with Gasteiger partial charge in [0.1, 0.15) is 0 Å². The van der Waals surface area contributed by atoms with E-state index in [0.29, 0.717) is 7.48 Å². The molecule has 54 valence electrons. The third-order valence-corrected chi connectivity index (χ3v) is 2.02. The van der Waals surface area contributed by atoms with Crippen molar-refractivity contribution in [3.63, 3.8) is 0 Å². The second-order valence-corrected chi connectivity index (χ2v) is 3.22. The SMILES string of the molecule is Cc1ccc(BOOO)s1. The number of hydrogen-bond donors (Lipinski definition) is 1. The normalized spacial score (nSPS) is 9.80. The van der Waals surface area contributed by atoms with Crippen LogP contribution in [0.1, 0.15) is 4.88 Å². The molecule has 10 heavy (non-hydrogen) atoms. The predicted octanol–water partition coefficient (Wildman–Crippen LogP) is 0.455. The van der Waals surface area contributed by atoms with Crippen molar-refractivity contribution < 1.29 is 15.1 Å². The Bertz CT molecular complexity index is 201. The van der Waals surface area contributed by atoms with Crippen LogP contribution in [0.3, 0.4) is 0 Å². The molecule has 0 aliphatic rings. The van der Waals surface area contributed by atoms with Gasteiger partial charge < -0.3 is 0 Å². The summed E-state index contributed by atoms with van der Waals surface area (Å²) < 4.78 is 1.03. The molecule has 0 bridgehead atoms. The molecule has 0 aliphatic carbocycles. The molecule has 1 rings (SSSR count). The molecule has 0 radical (unpaired) electrons. The molecule has 1 N–H and O–H groups in total. The minimum absolute atomic E-state index is 0.301. The van der Waals surface area contributed by atoms with Crippen molar-refractivity contribution in [2.45, 2.75) is 6.92 Å². The lowest BCUT2D eigenvalue weighted by Crippen LogP contribution is -2.12. The van der Waals surface area contributed by atoms with Gasteiger partial charge in [-0.25, -0.2) is 5.26 Å². The van der Waals surface area contributed by atoms with Crippen LogP contribution in [0.15, 0.2) is 12.1 Å². The topological polar surface area (TPSA) is 38.7 Å². The van der Waals surface area contributed by atoms with E-state index in [4.69, 9.17) is 5.26 Å². The summed E-state index contributed by atoms with van der Waals surface area (Å²) in [4.78, 5) is 5.52. The Hall–Kier alpha value is -0.355. The molecule has 0 atom stereocenters. The van der Waals surface area contributed by atoms with Crippen LogP contribution in [0.2, 0.25) is 0 Å². The van der Waals surface area contributed by atoms with Crippen molar-refractivity contribution >= 4 is 23.6 Å². The van der Waals surface area contributed by atoms with Crippen LogP contribution in [0.4, 0.5) is 0 Å². The van der Waals surface area contributed by atoms with Crippen LogP contribution < -0.4 is 4.78 Å². The standard InChI is InChI=1S/C5H7BO3S/c1-4-2-3-5(10-4)6-8-9-7/h2-3,6-7H,1H3. The average molecular weight is 158 g/mol. The summed E-state index contributed by atoms with van der Waals surface area (Å²) in [5.41, 5.74) is 0. The molecule has 0 unspecified atom stereocenters. The van der Waals surface area contributed by atoms with E-state index in [1.165, 1.54) is 4.88 Å². The second-order valence-electron chi connectivity index (χ2n) is 1.85. The summed E-state index contributed by atoms with van der Waals surface area (Å²) >= 11 is 1.61. The van der Waals surface area contributed by atoms with Gasteiger partial charge in [-0.15, -0.1) is 0 Å². The zero-order chi connectivity index (χ0) is 7.40. The lowest BCUT2D eigenvalue weighted by atomic mass is 10.0. The van der Waals surface area contributed by atoms with Gasteiger partial charge in [0, 0.05) is 9.65 Å². The Morgan fingerprint density at radius 1 is 1.60 bits per heavy atom. The van der Waals surface area contributed by atoms with Crippen LogP contribution >= 0.6 is 11.3 Å². The van der Waals surface area contributed by atoms with Gasteiger partial charge >= 0.3 is 7.48 Å². The van der Waals surface area contributed by atoms with Crippen LogP contribution in [0, 0.1) is 6.92 Å². The number of hydrogen-bond acceptors (Lipinski definition) is 4. The van der Waals surface area contributed by atoms with Crippen molar-refractivity contribution in [3.8, 4) is 0 Å². The summed E-state index contributed by atoms with van der Waals surface area (Å²) in [6, 6.07) is 3.92. The third-order valence-electron chi connectivity index (χ3n) is 1.05. The fourth-order valence-corrected chi connectivity index (χ4v) is 1.44. The van der Waals surface area contributed by atoms with Gasteiger partial charge in [0.15, 0.2) is 0 Å². The Morgan fingerprint density at radius 3 is 2.90 bits per heavy atom. The largest absolute Gasteiger partial charge is 0.370 e. The second kappa shape index (κ2) is 3.73. The molecular weight excluding hydrogens is 151 g/mol. The van der Waals surface area contributed by atoms with Gasteiger partial charge in [-0.05, 0) is 13.0 Å². The Kier molecular flexibility index (Phi) is 2.89. The first-order valence-electron chi connectivity index (χ1n) is 2.81. The maximum atomic E-state index is 7.82. The minimum Gasteiger partial charge on any atom is -0.273 e. The highest BCUT2D eigenvalue weighted by Gasteiger charge is 1.99. The van der Waals surface area contributed by atoms with Gasteiger partial charge in [-0.3, -0.25) is 4.81 Å². The van der Waals surface area contributed by atoms with Gasteiger partial charge in [0.25, 0.3) is 0 Å². The van der Waals surface area contributed by atoms with Gasteiger partial charge in [0.05, 0.1) is 0 Å². The van der Waals surface area contributed by atoms with E-state index in [-0.39, 0.29) is 0 Å². The number of rotatable bonds is 3. The highest BCUT2D eigenvalue weighted by atomic mass is 32.1. The van der Waals surface area contributed by atoms with E-state index in [2.05, 4.69) is 9.84 Å². The van der Waals surface area contributed by atoms with E-state index in [1.54, 1.807) is 11.3 Å². The summed E-state index contributed by atoms with van der Waals surface area (Å²) in [6.45, 7) is 2.01. The summed E-state index contributed by atoms with van der Waals surface area (Å²) in [7, 11) is 0.301. The highest BCUT2D eigenvalue weighted by molar-refractivity contribution is 7.20. The fourth-order valence-electron chi connectivity index (χ4n) is 0.647. The highest BCUT2D eigenvalue weighted by Crippen LogP contribution is 2.02. The Balaban J connectivity index is 2.42. The monoisotopic (exact) mass is 158 g/mol. The maximum absolute atomic E-state index is 7.82. The quantitative estimate of drug-likeness (QED) is 0.394. The molecule has 0 saturated heterocycles. The van der Waals surface area contributed by atoms with E-state index in [1.807, 2.05) is 19.1 Å². The molecule has 3 nitrogen and oxygen atoms in total. The van der Waals surface area contributed by atoms with Crippen molar-refractivity contribution in [3.05, 3.63) is 17.0 Å². The van der Waals surface area contributed by atoms with Crippen molar-refractivity contribution in [1.29, 1.82) is 0 Å². The first-order chi connectivity index (χ1) is 4.83. The average Bonchev–Trinajstić information content (AvgIpc) is 2.31. The molecule has 0 saturated carbocycles. The molecule has 0 spiro atoms. The van der Waals surface area contributed by atoms with E-state index in [9.17, 15) is 0 Å². The fraction of sp³-hybridized carbons (Fsp3) is 0.200. The smallest absolute Gasteiger partial charge is 0.273 e. The molecule has 0 fully saturated rings. The molecule has 1 aromatic heterocycles. The van der Waals surface area contributed by atoms with Gasteiger partial charge in [-0.2, -0.15) is 11.3 Å². The van der Waals surface area contributed by atoms with Crippen molar-refractivity contribution in [1.82, 2.24) is 0 Å². The van der Waals surface area contributed by atoms with Crippen molar-refractivity contribution in [2.24, 2.45) is 0 Å².